The van der Waals surface area contributed by atoms with Crippen LogP contribution in [0.2, 0.25) is 0 Å². The highest BCUT2D eigenvalue weighted by molar-refractivity contribution is 5.89. The van der Waals surface area contributed by atoms with Crippen molar-refractivity contribution in [1.29, 1.82) is 0 Å². The molecule has 0 aromatic carbocycles. The first-order chi connectivity index (χ1) is 14.6. The maximum absolute atomic E-state index is 12.2. The molecule has 10 heteroatoms. The van der Waals surface area contributed by atoms with Gasteiger partial charge in [0.1, 0.15) is 17.8 Å². The van der Waals surface area contributed by atoms with Crippen molar-refractivity contribution in [3.8, 4) is 5.88 Å². The minimum atomic E-state index is -0.512. The number of piperidine rings is 1. The Balaban J connectivity index is 1.48. The van der Waals surface area contributed by atoms with Gasteiger partial charge in [-0.15, -0.1) is 0 Å². The van der Waals surface area contributed by atoms with Gasteiger partial charge in [-0.25, -0.2) is 14.6 Å². The highest BCUT2D eigenvalue weighted by Gasteiger charge is 2.33. The zero-order valence-corrected chi connectivity index (χ0v) is 18.4. The highest BCUT2D eigenvalue weighted by atomic mass is 16.6. The lowest BCUT2D eigenvalue weighted by Crippen LogP contribution is -2.44. The molecule has 3 amide bonds. The maximum Gasteiger partial charge on any atom is 0.414 e. The van der Waals surface area contributed by atoms with Crippen LogP contribution in [0.4, 0.5) is 15.3 Å². The van der Waals surface area contributed by atoms with Crippen LogP contribution in [-0.2, 0) is 14.3 Å². The molecule has 10 nitrogen and oxygen atoms in total. The number of pyridine rings is 1. The van der Waals surface area contributed by atoms with Crippen molar-refractivity contribution < 1.29 is 28.6 Å². The Bertz CT molecular complexity index is 799. The van der Waals surface area contributed by atoms with Gasteiger partial charge in [0.2, 0.25) is 11.8 Å². The zero-order chi connectivity index (χ0) is 22.6. The van der Waals surface area contributed by atoms with Gasteiger partial charge >= 0.3 is 12.2 Å². The minimum absolute atomic E-state index is 0.0455. The summed E-state index contributed by atoms with van der Waals surface area (Å²) >= 11 is 0. The lowest BCUT2D eigenvalue weighted by molar-refractivity contribution is -0.119. The Labute approximate surface area is 181 Å². The summed E-state index contributed by atoms with van der Waals surface area (Å²) in [7, 11) is 0. The lowest BCUT2D eigenvalue weighted by Gasteiger charge is -2.33. The van der Waals surface area contributed by atoms with E-state index < -0.39 is 17.8 Å². The van der Waals surface area contributed by atoms with Crippen molar-refractivity contribution in [3.63, 3.8) is 0 Å². The van der Waals surface area contributed by atoms with E-state index in [1.165, 1.54) is 11.8 Å². The van der Waals surface area contributed by atoms with Gasteiger partial charge in [-0.1, -0.05) is 0 Å². The molecule has 31 heavy (non-hydrogen) atoms. The standard InChI is InChI=1S/C21H30N4O6/c1-14(26)22-12-17-13-25(20(28)30-17)15-5-6-18(23-11-15)29-16-7-9-24(10-8-16)19(27)31-21(2,3)4/h5-6,11,16-17H,7-10,12-13H2,1-4H3,(H,22,26)/t17-/m0/s1. The van der Waals surface area contributed by atoms with Crippen molar-refractivity contribution in [3.05, 3.63) is 18.3 Å². The number of carbonyl (C=O) groups excluding carboxylic acids is 3. The van der Waals surface area contributed by atoms with E-state index in [1.807, 2.05) is 20.8 Å². The van der Waals surface area contributed by atoms with Crippen LogP contribution in [0.3, 0.4) is 0 Å². The van der Waals surface area contributed by atoms with Gasteiger partial charge in [0.05, 0.1) is 25.0 Å². The van der Waals surface area contributed by atoms with E-state index >= 15 is 0 Å². The average Bonchev–Trinajstić information content (AvgIpc) is 3.07. The fourth-order valence-corrected chi connectivity index (χ4v) is 3.35. The number of ether oxygens (including phenoxy) is 3. The predicted molar refractivity (Wildman–Crippen MR) is 112 cm³/mol. The predicted octanol–water partition coefficient (Wildman–Crippen LogP) is 2.32. The van der Waals surface area contributed by atoms with E-state index in [-0.39, 0.29) is 24.6 Å². The zero-order valence-electron chi connectivity index (χ0n) is 18.4. The molecule has 2 saturated heterocycles. The SMILES string of the molecule is CC(=O)NC[C@H]1CN(c2ccc(OC3CCN(C(=O)OC(C)(C)C)CC3)nc2)C(=O)O1. The molecule has 0 bridgehead atoms. The number of carbonyl (C=O) groups is 3. The molecule has 1 N–H and O–H groups in total. The molecule has 0 radical (unpaired) electrons. The molecule has 170 valence electrons. The van der Waals surface area contributed by atoms with Gasteiger partial charge in [-0.05, 0) is 26.8 Å². The number of rotatable bonds is 5. The summed E-state index contributed by atoms with van der Waals surface area (Å²) in [5, 5.41) is 2.64. The maximum atomic E-state index is 12.2. The summed E-state index contributed by atoms with van der Waals surface area (Å²) in [6, 6.07) is 3.46. The molecule has 3 heterocycles. The number of nitrogens with one attached hydrogen (secondary N) is 1. The van der Waals surface area contributed by atoms with Crippen LogP contribution in [-0.4, -0.2) is 72.0 Å². The largest absolute Gasteiger partial charge is 0.474 e. The minimum Gasteiger partial charge on any atom is -0.474 e. The molecule has 0 spiro atoms. The van der Waals surface area contributed by atoms with Gasteiger partial charge in [-0.3, -0.25) is 9.69 Å². The normalized spacial score (nSPS) is 19.7. The smallest absolute Gasteiger partial charge is 0.414 e. The second kappa shape index (κ2) is 9.40. The Hall–Kier alpha value is -3.04. The first kappa shape index (κ1) is 22.6. The number of nitrogens with zero attached hydrogens (tertiary/aromatic N) is 3. The number of hydrogen-bond donors (Lipinski definition) is 1. The van der Waals surface area contributed by atoms with Crippen LogP contribution >= 0.6 is 0 Å². The Morgan fingerprint density at radius 3 is 2.55 bits per heavy atom. The molecular formula is C21H30N4O6. The molecule has 2 aliphatic heterocycles. The highest BCUT2D eigenvalue weighted by Crippen LogP contribution is 2.24. The summed E-state index contributed by atoms with van der Waals surface area (Å²) in [4.78, 5) is 42.7. The number of cyclic esters (lactones) is 1. The van der Waals surface area contributed by atoms with Crippen molar-refractivity contribution in [2.75, 3.05) is 31.1 Å². The van der Waals surface area contributed by atoms with E-state index in [1.54, 1.807) is 23.2 Å². The molecular weight excluding hydrogens is 404 g/mol. The molecule has 1 atom stereocenters. The first-order valence-electron chi connectivity index (χ1n) is 10.4. The van der Waals surface area contributed by atoms with Gasteiger partial charge in [0.25, 0.3) is 0 Å². The number of amides is 3. The van der Waals surface area contributed by atoms with Gasteiger partial charge < -0.3 is 24.4 Å². The summed E-state index contributed by atoms with van der Waals surface area (Å²) < 4.78 is 16.6. The van der Waals surface area contributed by atoms with Crippen molar-refractivity contribution >= 4 is 23.8 Å². The van der Waals surface area contributed by atoms with Crippen molar-refractivity contribution in [2.24, 2.45) is 0 Å². The molecule has 2 fully saturated rings. The number of aromatic nitrogens is 1. The van der Waals surface area contributed by atoms with Crippen molar-refractivity contribution in [1.82, 2.24) is 15.2 Å². The third kappa shape index (κ3) is 6.47. The third-order valence-electron chi connectivity index (χ3n) is 4.87. The van der Waals surface area contributed by atoms with E-state index in [9.17, 15) is 14.4 Å². The summed E-state index contributed by atoms with van der Waals surface area (Å²) in [5.41, 5.74) is 0.0874. The van der Waals surface area contributed by atoms with Crippen LogP contribution in [0.5, 0.6) is 5.88 Å². The lowest BCUT2D eigenvalue weighted by atomic mass is 10.1. The summed E-state index contributed by atoms with van der Waals surface area (Å²) in [5.74, 6) is 0.288. The second-order valence-electron chi connectivity index (χ2n) is 8.69. The Morgan fingerprint density at radius 2 is 1.97 bits per heavy atom. The average molecular weight is 434 g/mol. The number of likely N-dealkylation sites (tertiary alicyclic amines) is 1. The van der Waals surface area contributed by atoms with Gasteiger partial charge in [0, 0.05) is 38.9 Å². The molecule has 1 aromatic heterocycles. The molecule has 1 aromatic rings. The monoisotopic (exact) mass is 434 g/mol. The molecule has 2 aliphatic rings. The summed E-state index contributed by atoms with van der Waals surface area (Å²) in [6.07, 6.45) is 1.71. The third-order valence-corrected chi connectivity index (χ3v) is 4.87. The molecule has 0 aliphatic carbocycles. The quantitative estimate of drug-likeness (QED) is 0.757. The van der Waals surface area contributed by atoms with Crippen LogP contribution in [0.25, 0.3) is 0 Å². The number of hydrogen-bond acceptors (Lipinski definition) is 7. The van der Waals surface area contributed by atoms with Crippen LogP contribution < -0.4 is 15.0 Å². The fourth-order valence-electron chi connectivity index (χ4n) is 3.35. The van der Waals surface area contributed by atoms with Crippen LogP contribution in [0, 0.1) is 0 Å². The van der Waals surface area contributed by atoms with Crippen molar-refractivity contribution in [2.45, 2.75) is 58.3 Å². The van der Waals surface area contributed by atoms with Crippen LogP contribution in [0.15, 0.2) is 18.3 Å². The topological polar surface area (TPSA) is 110 Å². The van der Waals surface area contributed by atoms with Gasteiger partial charge in [-0.2, -0.15) is 0 Å². The van der Waals surface area contributed by atoms with E-state index in [2.05, 4.69) is 10.3 Å². The summed E-state index contributed by atoms with van der Waals surface area (Å²) in [6.45, 7) is 8.69. The Morgan fingerprint density at radius 1 is 1.26 bits per heavy atom. The van der Waals surface area contributed by atoms with Gasteiger partial charge in [0.15, 0.2) is 0 Å². The Kier molecular flexibility index (Phi) is 6.87. The van der Waals surface area contributed by atoms with E-state index in [0.717, 1.165) is 0 Å². The van der Waals surface area contributed by atoms with E-state index in [4.69, 9.17) is 14.2 Å². The molecule has 0 saturated carbocycles. The first-order valence-corrected chi connectivity index (χ1v) is 10.4. The van der Waals surface area contributed by atoms with E-state index in [0.29, 0.717) is 44.0 Å². The second-order valence-corrected chi connectivity index (χ2v) is 8.69. The van der Waals surface area contributed by atoms with Crippen LogP contribution in [0.1, 0.15) is 40.5 Å². The molecule has 3 rings (SSSR count). The molecule has 0 unspecified atom stereocenters. The number of anilines is 1. The fraction of sp³-hybridized carbons (Fsp3) is 0.619.